The van der Waals surface area contributed by atoms with E-state index in [1.54, 1.807) is 24.3 Å². The molecule has 0 atom stereocenters. The average Bonchev–Trinajstić information content (AvgIpc) is 2.27. The second kappa shape index (κ2) is 2.35. The Morgan fingerprint density at radius 3 is 2.17 bits per heavy atom. The Balaban J connectivity index is 3.18. The lowest BCUT2D eigenvalue weighted by Crippen LogP contribution is -1.95. The summed E-state index contributed by atoms with van der Waals surface area (Å²) < 4.78 is 0. The van der Waals surface area contributed by atoms with E-state index in [4.69, 9.17) is 11.6 Å². The number of fused-ring (bicyclic) bond motifs is 4. The molecule has 60 valence electrons. The van der Waals surface area contributed by atoms with Gasteiger partial charge in [-0.25, -0.2) is 0 Å². The zero-order valence-corrected chi connectivity index (χ0v) is 6.80. The lowest BCUT2D eigenvalue weighted by atomic mass is 10.2. The number of benzene rings is 1. The van der Waals surface area contributed by atoms with Crippen molar-refractivity contribution in [2.75, 3.05) is 0 Å². The topological polar surface area (TPSA) is 37.3 Å². The lowest BCUT2D eigenvalue weighted by molar-refractivity contribution is 0.481. The molecular weight excluding hydrogens is 176 g/mol. The zero-order chi connectivity index (χ0) is 8.72. The highest BCUT2D eigenvalue weighted by molar-refractivity contribution is 6.33. The predicted octanol–water partition coefficient (Wildman–Crippen LogP) is 2.00. The number of aromatic hydroxyl groups is 1. The number of halogens is 1. The highest BCUT2D eigenvalue weighted by Crippen LogP contribution is 2.26. The minimum absolute atomic E-state index is 0.102. The van der Waals surface area contributed by atoms with Gasteiger partial charge in [0.05, 0.1) is 0 Å². The van der Waals surface area contributed by atoms with Gasteiger partial charge in [0, 0.05) is 10.8 Å². The van der Waals surface area contributed by atoms with Gasteiger partial charge in [-0.15, -0.1) is 0 Å². The van der Waals surface area contributed by atoms with Crippen molar-refractivity contribution in [2.24, 2.45) is 0 Å². The van der Waals surface area contributed by atoms with Gasteiger partial charge in [-0.2, -0.15) is 0 Å². The molecule has 3 rings (SSSR count). The monoisotopic (exact) mass is 180 g/mol. The number of hydrogen-bond donors (Lipinski definition) is 1. The van der Waals surface area contributed by atoms with Gasteiger partial charge in [-0.1, -0.05) is 35.9 Å². The van der Waals surface area contributed by atoms with Gasteiger partial charge in [0.25, 0.3) is 0 Å². The minimum atomic E-state index is -0.325. The van der Waals surface area contributed by atoms with Crippen LogP contribution in [-0.4, -0.2) is 5.11 Å². The maximum absolute atomic E-state index is 11.3. The zero-order valence-electron chi connectivity index (χ0n) is 6.04. The Kier molecular flexibility index (Phi) is 1.45. The first-order valence-corrected chi connectivity index (χ1v) is 3.82. The van der Waals surface area contributed by atoms with E-state index in [0.29, 0.717) is 10.8 Å². The predicted molar refractivity (Wildman–Crippen MR) is 48.1 cm³/mol. The van der Waals surface area contributed by atoms with Crippen LogP contribution in [0.5, 0.6) is 5.75 Å². The summed E-state index contributed by atoms with van der Waals surface area (Å²) in [5.74, 6) is -0.137. The molecule has 1 N–H and O–H groups in total. The quantitative estimate of drug-likeness (QED) is 0.673. The summed E-state index contributed by atoms with van der Waals surface area (Å²) in [6.45, 7) is 0. The third-order valence-corrected chi connectivity index (χ3v) is 2.18. The molecule has 0 radical (unpaired) electrons. The Hall–Kier alpha value is -1.28. The molecule has 2 nitrogen and oxygen atoms in total. The van der Waals surface area contributed by atoms with Crippen LogP contribution >= 0.6 is 11.6 Å². The molecule has 0 aromatic heterocycles. The van der Waals surface area contributed by atoms with Gasteiger partial charge < -0.3 is 5.11 Å². The van der Waals surface area contributed by atoms with Crippen molar-refractivity contribution in [1.29, 1.82) is 0 Å². The van der Waals surface area contributed by atoms with Crippen LogP contribution in [0, 0.1) is 0 Å². The highest BCUT2D eigenvalue weighted by atomic mass is 35.5. The molecule has 0 heterocycles. The van der Waals surface area contributed by atoms with Crippen molar-refractivity contribution in [1.82, 2.24) is 0 Å². The van der Waals surface area contributed by atoms with Gasteiger partial charge in [0.2, 0.25) is 5.43 Å². The fraction of sp³-hybridized carbons (Fsp3) is 0. The molecule has 12 heavy (non-hydrogen) atoms. The van der Waals surface area contributed by atoms with Crippen molar-refractivity contribution >= 4 is 22.4 Å². The molecular formula is C9H5ClO2. The largest absolute Gasteiger partial charge is 0.506 e. The fourth-order valence-corrected chi connectivity index (χ4v) is 1.36. The average molecular weight is 181 g/mol. The van der Waals surface area contributed by atoms with E-state index in [2.05, 4.69) is 0 Å². The van der Waals surface area contributed by atoms with Crippen LogP contribution in [0.4, 0.5) is 0 Å². The van der Waals surface area contributed by atoms with Crippen LogP contribution in [0.1, 0.15) is 0 Å². The van der Waals surface area contributed by atoms with Crippen molar-refractivity contribution in [3.05, 3.63) is 39.5 Å². The third kappa shape index (κ3) is 0.850. The molecule has 0 amide bonds. The fourth-order valence-electron chi connectivity index (χ4n) is 1.14. The smallest absolute Gasteiger partial charge is 0.208 e. The lowest BCUT2D eigenvalue weighted by Gasteiger charge is -1.88. The summed E-state index contributed by atoms with van der Waals surface area (Å²) in [6.07, 6.45) is 0. The molecule has 0 saturated heterocycles. The molecule has 3 aromatic carbocycles. The van der Waals surface area contributed by atoms with Crippen LogP contribution < -0.4 is 5.43 Å². The summed E-state index contributed by atoms with van der Waals surface area (Å²) in [7, 11) is 0. The molecule has 0 spiro atoms. The van der Waals surface area contributed by atoms with Gasteiger partial charge in [-0.3, -0.25) is 4.79 Å². The molecule has 0 unspecified atom stereocenters. The highest BCUT2D eigenvalue weighted by Gasteiger charge is 2.07. The van der Waals surface area contributed by atoms with Crippen molar-refractivity contribution in [3.8, 4) is 5.75 Å². The molecule has 0 aliphatic rings. The van der Waals surface area contributed by atoms with Gasteiger partial charge in [0.15, 0.2) is 0 Å². The maximum Gasteiger partial charge on any atom is 0.208 e. The van der Waals surface area contributed by atoms with E-state index in [0.717, 1.165) is 0 Å². The first-order chi connectivity index (χ1) is 5.70. The number of hydrogen-bond acceptors (Lipinski definition) is 2. The molecule has 0 saturated carbocycles. The Morgan fingerprint density at radius 1 is 1.08 bits per heavy atom. The molecule has 0 aliphatic heterocycles. The minimum Gasteiger partial charge on any atom is -0.506 e. The van der Waals surface area contributed by atoms with Gasteiger partial charge in [0.1, 0.15) is 10.8 Å². The van der Waals surface area contributed by atoms with E-state index in [9.17, 15) is 9.90 Å². The first-order valence-electron chi connectivity index (χ1n) is 3.44. The Bertz CT molecular complexity index is 458. The second-order valence-electron chi connectivity index (χ2n) is 2.57. The Morgan fingerprint density at radius 2 is 1.58 bits per heavy atom. The van der Waals surface area contributed by atoms with Crippen LogP contribution in [0.3, 0.4) is 0 Å². The molecule has 3 aromatic rings. The summed E-state index contributed by atoms with van der Waals surface area (Å²) >= 11 is 5.61. The molecule has 3 heteroatoms. The van der Waals surface area contributed by atoms with Crippen LogP contribution in [0.25, 0.3) is 10.8 Å². The molecule has 0 aliphatic carbocycles. The van der Waals surface area contributed by atoms with Crippen LogP contribution in [0.2, 0.25) is 5.02 Å². The SMILES string of the molecule is O=c1c(Cl)c(O)c2ccc1cc2. The second-order valence-corrected chi connectivity index (χ2v) is 2.95. The van der Waals surface area contributed by atoms with E-state index in [1.165, 1.54) is 0 Å². The van der Waals surface area contributed by atoms with E-state index in [-0.39, 0.29) is 16.2 Å². The maximum atomic E-state index is 11.3. The van der Waals surface area contributed by atoms with E-state index in [1.807, 2.05) is 0 Å². The van der Waals surface area contributed by atoms with Gasteiger partial charge >= 0.3 is 0 Å². The molecule has 0 fully saturated rings. The summed E-state index contributed by atoms with van der Waals surface area (Å²) in [5.41, 5.74) is -0.325. The van der Waals surface area contributed by atoms with Crippen molar-refractivity contribution < 1.29 is 5.11 Å². The molecule has 2 bridgehead atoms. The van der Waals surface area contributed by atoms with E-state index < -0.39 is 0 Å². The van der Waals surface area contributed by atoms with Gasteiger partial charge in [-0.05, 0) is 0 Å². The standard InChI is InChI=1S/C9H5ClO2/c10-7-8(11)5-1-2-6(4-3-5)9(7)12/h1-4,11H. The summed E-state index contributed by atoms with van der Waals surface area (Å²) in [5, 5.41) is 10.4. The van der Waals surface area contributed by atoms with Crippen molar-refractivity contribution in [2.45, 2.75) is 0 Å². The van der Waals surface area contributed by atoms with Crippen molar-refractivity contribution in [3.63, 3.8) is 0 Å². The first kappa shape index (κ1) is 7.37. The normalized spacial score (nSPS) is 10.8. The summed E-state index contributed by atoms with van der Waals surface area (Å²) in [6, 6.07) is 6.61. The van der Waals surface area contributed by atoms with Crippen LogP contribution in [0.15, 0.2) is 29.1 Å². The van der Waals surface area contributed by atoms with E-state index >= 15 is 0 Å². The van der Waals surface area contributed by atoms with Crippen LogP contribution in [-0.2, 0) is 0 Å². The third-order valence-electron chi connectivity index (χ3n) is 1.83. The number of rotatable bonds is 0. The summed E-state index contributed by atoms with van der Waals surface area (Å²) in [4.78, 5) is 11.3. The Labute approximate surface area is 73.4 Å².